The standard InChI is InChI=1S/C28H34FN5O4/c1-18(2)30-27(35)15-26-31-34(28(36)33(26)21-10-11-24(29)25(14-21)37-3)20-6-4-19(5-7-20)12-13-32-22-8-9-23(32)17-38-16-22/h4-7,10-11,14,18,22-23H,8-9,12-13,15-17H2,1-3H3,(H,30,35). The molecule has 1 amide bonds. The van der Waals surface area contributed by atoms with Crippen molar-refractivity contribution in [3.8, 4) is 17.1 Å². The lowest BCUT2D eigenvalue weighted by Crippen LogP contribution is -2.46. The van der Waals surface area contributed by atoms with Gasteiger partial charge in [0.15, 0.2) is 11.6 Å². The number of halogens is 1. The first-order chi connectivity index (χ1) is 18.3. The molecule has 2 aromatic carbocycles. The van der Waals surface area contributed by atoms with Crippen molar-refractivity contribution in [3.63, 3.8) is 0 Å². The summed E-state index contributed by atoms with van der Waals surface area (Å²) in [6, 6.07) is 12.9. The van der Waals surface area contributed by atoms with Gasteiger partial charge in [0.05, 0.1) is 38.1 Å². The zero-order chi connectivity index (χ0) is 26.8. The highest BCUT2D eigenvalue weighted by atomic mass is 19.1. The normalized spacial score (nSPS) is 19.2. The molecular weight excluding hydrogens is 489 g/mol. The van der Waals surface area contributed by atoms with Crippen molar-refractivity contribution in [2.24, 2.45) is 0 Å². The van der Waals surface area contributed by atoms with Crippen LogP contribution >= 0.6 is 0 Å². The molecule has 2 aliphatic rings. The minimum Gasteiger partial charge on any atom is -0.494 e. The van der Waals surface area contributed by atoms with E-state index in [0.29, 0.717) is 23.5 Å². The first-order valence-corrected chi connectivity index (χ1v) is 13.1. The van der Waals surface area contributed by atoms with Gasteiger partial charge in [-0.2, -0.15) is 4.68 Å². The summed E-state index contributed by atoms with van der Waals surface area (Å²) >= 11 is 0. The highest BCUT2D eigenvalue weighted by Gasteiger charge is 2.36. The molecule has 38 heavy (non-hydrogen) atoms. The average molecular weight is 524 g/mol. The Morgan fingerprint density at radius 1 is 1.13 bits per heavy atom. The molecular formula is C28H34FN5O4. The van der Waals surface area contributed by atoms with E-state index in [1.807, 2.05) is 38.1 Å². The van der Waals surface area contributed by atoms with E-state index in [4.69, 9.17) is 9.47 Å². The van der Waals surface area contributed by atoms with Crippen molar-refractivity contribution in [1.82, 2.24) is 24.6 Å². The first-order valence-electron chi connectivity index (χ1n) is 13.1. The van der Waals surface area contributed by atoms with Crippen LogP contribution < -0.4 is 15.7 Å². The van der Waals surface area contributed by atoms with Crippen molar-refractivity contribution < 1.29 is 18.7 Å². The summed E-state index contributed by atoms with van der Waals surface area (Å²) in [7, 11) is 1.36. The van der Waals surface area contributed by atoms with Gasteiger partial charge in [-0.1, -0.05) is 12.1 Å². The Kier molecular flexibility index (Phi) is 7.62. The molecule has 2 saturated heterocycles. The number of hydrogen-bond acceptors (Lipinski definition) is 6. The van der Waals surface area contributed by atoms with Crippen molar-refractivity contribution in [2.75, 3.05) is 26.9 Å². The van der Waals surface area contributed by atoms with Gasteiger partial charge in [-0.05, 0) is 62.9 Å². The minimum absolute atomic E-state index is 0.00205. The number of methoxy groups -OCH3 is 1. The molecule has 5 rings (SSSR count). The maximum Gasteiger partial charge on any atom is 0.355 e. The summed E-state index contributed by atoms with van der Waals surface area (Å²) < 4.78 is 27.5. The van der Waals surface area contributed by atoms with E-state index in [2.05, 4.69) is 15.3 Å². The van der Waals surface area contributed by atoms with Gasteiger partial charge in [-0.15, -0.1) is 5.10 Å². The lowest BCUT2D eigenvalue weighted by Gasteiger charge is -2.34. The smallest absolute Gasteiger partial charge is 0.355 e. The van der Waals surface area contributed by atoms with Gasteiger partial charge in [0.1, 0.15) is 5.82 Å². The third kappa shape index (κ3) is 5.37. The molecule has 0 spiro atoms. The Morgan fingerprint density at radius 3 is 2.47 bits per heavy atom. The Balaban J connectivity index is 1.41. The topological polar surface area (TPSA) is 90.6 Å². The number of carbonyl (C=O) groups excluding carboxylic acids is 1. The predicted molar refractivity (Wildman–Crippen MR) is 141 cm³/mol. The monoisotopic (exact) mass is 523 g/mol. The third-order valence-electron chi connectivity index (χ3n) is 7.24. The molecule has 2 atom stereocenters. The summed E-state index contributed by atoms with van der Waals surface area (Å²) in [6.07, 6.45) is 3.20. The summed E-state index contributed by atoms with van der Waals surface area (Å²) in [5.74, 6) is -0.567. The van der Waals surface area contributed by atoms with Crippen molar-refractivity contribution in [2.45, 2.75) is 57.7 Å². The molecule has 9 nitrogen and oxygen atoms in total. The number of nitrogens with zero attached hydrogens (tertiary/aromatic N) is 4. The number of morpholine rings is 1. The predicted octanol–water partition coefficient (Wildman–Crippen LogP) is 2.64. The molecule has 3 aromatic rings. The quantitative estimate of drug-likeness (QED) is 0.464. The van der Waals surface area contributed by atoms with E-state index in [1.165, 1.54) is 53.0 Å². The van der Waals surface area contributed by atoms with E-state index >= 15 is 0 Å². The van der Waals surface area contributed by atoms with Crippen LogP contribution in [-0.2, 0) is 22.4 Å². The van der Waals surface area contributed by atoms with Crippen molar-refractivity contribution in [3.05, 3.63) is 70.2 Å². The molecule has 0 radical (unpaired) electrons. The van der Waals surface area contributed by atoms with Gasteiger partial charge >= 0.3 is 5.69 Å². The summed E-state index contributed by atoms with van der Waals surface area (Å²) in [4.78, 5) is 28.7. The van der Waals surface area contributed by atoms with Crippen LogP contribution in [0.2, 0.25) is 0 Å². The average Bonchev–Trinajstić information content (AvgIpc) is 3.32. The van der Waals surface area contributed by atoms with Crippen LogP contribution in [0.3, 0.4) is 0 Å². The number of rotatable bonds is 9. The second-order valence-electron chi connectivity index (χ2n) is 10.2. The summed E-state index contributed by atoms with van der Waals surface area (Å²) in [5.41, 5.74) is 1.67. The third-order valence-corrected chi connectivity index (χ3v) is 7.24. The van der Waals surface area contributed by atoms with Crippen LogP contribution in [0, 0.1) is 5.82 Å². The molecule has 2 unspecified atom stereocenters. The number of amides is 1. The summed E-state index contributed by atoms with van der Waals surface area (Å²) in [5, 5.41) is 7.34. The van der Waals surface area contributed by atoms with Crippen LogP contribution in [-0.4, -0.2) is 70.1 Å². The first kappa shape index (κ1) is 26.1. The van der Waals surface area contributed by atoms with Crippen LogP contribution in [0.1, 0.15) is 38.1 Å². The molecule has 202 valence electrons. The van der Waals surface area contributed by atoms with Crippen molar-refractivity contribution >= 4 is 5.91 Å². The molecule has 1 aromatic heterocycles. The molecule has 1 N–H and O–H groups in total. The summed E-state index contributed by atoms with van der Waals surface area (Å²) in [6.45, 7) is 6.34. The van der Waals surface area contributed by atoms with Gasteiger partial charge < -0.3 is 14.8 Å². The van der Waals surface area contributed by atoms with E-state index in [9.17, 15) is 14.0 Å². The van der Waals surface area contributed by atoms with E-state index in [-0.39, 0.29) is 29.9 Å². The van der Waals surface area contributed by atoms with Gasteiger partial charge in [-0.3, -0.25) is 9.69 Å². The maximum absolute atomic E-state index is 14.1. The largest absolute Gasteiger partial charge is 0.494 e. The highest BCUT2D eigenvalue weighted by molar-refractivity contribution is 5.78. The minimum atomic E-state index is -0.545. The molecule has 2 bridgehead atoms. The Labute approximate surface area is 221 Å². The molecule has 3 heterocycles. The lowest BCUT2D eigenvalue weighted by molar-refractivity contribution is -0.121. The fourth-order valence-electron chi connectivity index (χ4n) is 5.39. The van der Waals surface area contributed by atoms with E-state index < -0.39 is 11.5 Å². The number of fused-ring (bicyclic) bond motifs is 2. The fourth-order valence-corrected chi connectivity index (χ4v) is 5.39. The number of nitrogens with one attached hydrogen (secondary N) is 1. The van der Waals surface area contributed by atoms with Gasteiger partial charge in [0.25, 0.3) is 0 Å². The lowest BCUT2D eigenvalue weighted by atomic mass is 10.1. The second kappa shape index (κ2) is 11.1. The fraction of sp³-hybridized carbons (Fsp3) is 0.464. The van der Waals surface area contributed by atoms with E-state index in [1.54, 1.807) is 0 Å². The number of hydrogen-bond donors (Lipinski definition) is 1. The molecule has 10 heteroatoms. The SMILES string of the molecule is COc1cc(-n2c(CC(=O)NC(C)C)nn(-c3ccc(CCN4C5CCC4COC5)cc3)c2=O)ccc1F. The Bertz CT molecular complexity index is 1330. The van der Waals surface area contributed by atoms with Gasteiger partial charge in [-0.25, -0.2) is 13.8 Å². The number of ether oxygens (including phenoxy) is 2. The number of carbonyl (C=O) groups is 1. The highest BCUT2D eigenvalue weighted by Crippen LogP contribution is 2.28. The second-order valence-corrected chi connectivity index (χ2v) is 10.2. The Morgan fingerprint density at radius 2 is 1.82 bits per heavy atom. The van der Waals surface area contributed by atoms with Crippen LogP contribution in [0.15, 0.2) is 47.3 Å². The number of aromatic nitrogens is 3. The van der Waals surface area contributed by atoms with E-state index in [0.717, 1.165) is 26.2 Å². The maximum atomic E-state index is 14.1. The van der Waals surface area contributed by atoms with Crippen LogP contribution in [0.4, 0.5) is 4.39 Å². The molecule has 2 fully saturated rings. The molecule has 0 saturated carbocycles. The Hall–Kier alpha value is -3.50. The number of benzene rings is 2. The van der Waals surface area contributed by atoms with Crippen molar-refractivity contribution in [1.29, 1.82) is 0 Å². The van der Waals surface area contributed by atoms with Crippen LogP contribution in [0.5, 0.6) is 5.75 Å². The molecule has 0 aliphatic carbocycles. The zero-order valence-electron chi connectivity index (χ0n) is 22.0. The zero-order valence-corrected chi connectivity index (χ0v) is 22.0. The van der Waals surface area contributed by atoms with Gasteiger partial charge in [0.2, 0.25) is 5.91 Å². The van der Waals surface area contributed by atoms with Crippen LogP contribution in [0.25, 0.3) is 11.4 Å². The molecule has 2 aliphatic heterocycles. The van der Waals surface area contributed by atoms with Gasteiger partial charge in [0, 0.05) is 30.7 Å².